The molecule has 3 aromatic rings. The number of rotatable bonds is 6. The molecule has 138 valence electrons. The Labute approximate surface area is 157 Å². The number of hydrogen-bond acceptors (Lipinski definition) is 8. The van der Waals surface area contributed by atoms with E-state index in [0.29, 0.717) is 21.9 Å². The predicted octanol–water partition coefficient (Wildman–Crippen LogP) is 1.69. The van der Waals surface area contributed by atoms with Crippen LogP contribution in [0.3, 0.4) is 0 Å². The van der Waals surface area contributed by atoms with Gasteiger partial charge in [0.2, 0.25) is 12.6 Å². The molecule has 2 amide bonds. The first-order chi connectivity index (χ1) is 13.2. The zero-order valence-corrected chi connectivity index (χ0v) is 14.7. The third-order valence-electron chi connectivity index (χ3n) is 3.69. The van der Waals surface area contributed by atoms with Gasteiger partial charge in [0, 0.05) is 18.7 Å². The fraction of sp³-hybridized carbons (Fsp3) is 0.176. The van der Waals surface area contributed by atoms with E-state index in [-0.39, 0.29) is 37.5 Å². The zero-order valence-electron chi connectivity index (χ0n) is 13.9. The molecule has 0 atom stereocenters. The second-order valence-corrected chi connectivity index (χ2v) is 6.43. The average molecular weight is 386 g/mol. The Morgan fingerprint density at radius 3 is 2.70 bits per heavy atom. The number of nitrogens with zero attached hydrogens (tertiary/aromatic N) is 2. The molecule has 0 fully saturated rings. The maximum absolute atomic E-state index is 12.1. The van der Waals surface area contributed by atoms with Gasteiger partial charge in [-0.3, -0.25) is 9.59 Å². The highest BCUT2D eigenvalue weighted by Gasteiger charge is 2.19. The van der Waals surface area contributed by atoms with E-state index < -0.39 is 5.91 Å². The third kappa shape index (κ3) is 3.75. The summed E-state index contributed by atoms with van der Waals surface area (Å²) in [4.78, 5) is 28.6. The Hall–Kier alpha value is -3.40. The highest BCUT2D eigenvalue weighted by atomic mass is 32.1. The van der Waals surface area contributed by atoms with Crippen LogP contribution in [0.2, 0.25) is 0 Å². The van der Waals surface area contributed by atoms with E-state index in [2.05, 4.69) is 20.8 Å². The van der Waals surface area contributed by atoms with E-state index in [4.69, 9.17) is 14.0 Å². The summed E-state index contributed by atoms with van der Waals surface area (Å²) < 4.78 is 15.6. The van der Waals surface area contributed by atoms with Gasteiger partial charge in [-0.25, -0.2) is 0 Å². The van der Waals surface area contributed by atoms with Gasteiger partial charge in [-0.05, 0) is 29.6 Å². The van der Waals surface area contributed by atoms with Gasteiger partial charge in [0.15, 0.2) is 11.5 Å². The predicted molar refractivity (Wildman–Crippen MR) is 94.8 cm³/mol. The molecule has 0 saturated heterocycles. The highest BCUT2D eigenvalue weighted by Crippen LogP contribution is 2.35. The van der Waals surface area contributed by atoms with E-state index in [1.54, 1.807) is 30.3 Å². The first-order valence-electron chi connectivity index (χ1n) is 8.04. The molecule has 2 N–H and O–H groups in total. The maximum atomic E-state index is 12.1. The Balaban J connectivity index is 1.30. The van der Waals surface area contributed by atoms with Gasteiger partial charge in [-0.2, -0.15) is 4.98 Å². The van der Waals surface area contributed by atoms with Crippen LogP contribution in [0, 0.1) is 0 Å². The number of fused-ring (bicyclic) bond motifs is 1. The van der Waals surface area contributed by atoms with E-state index in [1.807, 2.05) is 5.38 Å². The summed E-state index contributed by atoms with van der Waals surface area (Å²) in [6, 6.07) is 8.74. The van der Waals surface area contributed by atoms with Gasteiger partial charge in [-0.15, -0.1) is 11.3 Å². The first-order valence-corrected chi connectivity index (χ1v) is 8.92. The normalized spacial score (nSPS) is 12.0. The van der Waals surface area contributed by atoms with Crippen molar-refractivity contribution in [3.05, 3.63) is 46.5 Å². The molecule has 3 heterocycles. The lowest BCUT2D eigenvalue weighted by Gasteiger charge is -2.04. The molecule has 27 heavy (non-hydrogen) atoms. The highest BCUT2D eigenvalue weighted by molar-refractivity contribution is 7.12. The Bertz CT molecular complexity index is 970. The van der Waals surface area contributed by atoms with Crippen LogP contribution in [-0.4, -0.2) is 41.8 Å². The van der Waals surface area contributed by atoms with E-state index in [1.165, 1.54) is 11.3 Å². The number of benzene rings is 1. The van der Waals surface area contributed by atoms with Crippen molar-refractivity contribution < 1.29 is 23.6 Å². The molecule has 4 rings (SSSR count). The minimum Gasteiger partial charge on any atom is -0.454 e. The number of thiophene rings is 1. The number of nitrogens with one attached hydrogen (secondary N) is 2. The van der Waals surface area contributed by atoms with Crippen LogP contribution in [0.4, 0.5) is 0 Å². The van der Waals surface area contributed by atoms with Gasteiger partial charge in [0.25, 0.3) is 5.91 Å². The average Bonchev–Trinajstić information content (AvgIpc) is 3.44. The largest absolute Gasteiger partial charge is 0.454 e. The minimum atomic E-state index is -0.514. The second-order valence-electron chi connectivity index (χ2n) is 5.48. The Morgan fingerprint density at radius 1 is 1.07 bits per heavy atom. The molecule has 1 aliphatic rings. The molecule has 0 unspecified atom stereocenters. The molecule has 0 bridgehead atoms. The van der Waals surface area contributed by atoms with Crippen molar-refractivity contribution in [2.75, 3.05) is 19.9 Å². The molecule has 1 aliphatic heterocycles. The lowest BCUT2D eigenvalue weighted by atomic mass is 10.2. The first kappa shape index (κ1) is 17.0. The van der Waals surface area contributed by atoms with Crippen LogP contribution in [0.15, 0.2) is 40.2 Å². The zero-order chi connectivity index (χ0) is 18.6. The number of aromatic nitrogens is 2. The van der Waals surface area contributed by atoms with E-state index >= 15 is 0 Å². The molecule has 2 aromatic heterocycles. The van der Waals surface area contributed by atoms with Crippen LogP contribution in [-0.2, 0) is 0 Å². The number of hydrogen-bond donors (Lipinski definition) is 2. The SMILES string of the molecule is O=C(NCCNC(=O)c1cccs1)c1nc(-c2ccc3c(c2)OCO3)no1. The summed E-state index contributed by atoms with van der Waals surface area (Å²) in [5.41, 5.74) is 0.644. The summed E-state index contributed by atoms with van der Waals surface area (Å²) in [7, 11) is 0. The van der Waals surface area contributed by atoms with Crippen LogP contribution < -0.4 is 20.1 Å². The lowest BCUT2D eigenvalue weighted by molar-refractivity contribution is 0.0899. The van der Waals surface area contributed by atoms with E-state index in [0.717, 1.165) is 0 Å². The third-order valence-corrected chi connectivity index (χ3v) is 4.56. The van der Waals surface area contributed by atoms with Crippen molar-refractivity contribution in [3.8, 4) is 22.9 Å². The summed E-state index contributed by atoms with van der Waals surface area (Å²) in [6.45, 7) is 0.686. The molecular weight excluding hydrogens is 372 g/mol. The minimum absolute atomic E-state index is 0.160. The van der Waals surface area contributed by atoms with Crippen molar-refractivity contribution in [2.45, 2.75) is 0 Å². The van der Waals surface area contributed by atoms with Crippen molar-refractivity contribution in [3.63, 3.8) is 0 Å². The second kappa shape index (κ2) is 7.46. The number of ether oxygens (including phenoxy) is 2. The number of carbonyl (C=O) groups is 2. The molecule has 0 spiro atoms. The van der Waals surface area contributed by atoms with Crippen LogP contribution in [0.25, 0.3) is 11.4 Å². The lowest BCUT2D eigenvalue weighted by Crippen LogP contribution is -2.34. The quantitative estimate of drug-likeness (QED) is 0.619. The summed E-state index contributed by atoms with van der Waals surface area (Å²) in [5, 5.41) is 11.0. The summed E-state index contributed by atoms with van der Waals surface area (Å²) in [6.07, 6.45) is 0. The van der Waals surface area contributed by atoms with Gasteiger partial charge in [0.1, 0.15) is 0 Å². The van der Waals surface area contributed by atoms with E-state index in [9.17, 15) is 9.59 Å². The molecule has 9 nitrogen and oxygen atoms in total. The van der Waals surface area contributed by atoms with Crippen LogP contribution in [0.1, 0.15) is 20.4 Å². The van der Waals surface area contributed by atoms with Crippen LogP contribution >= 0.6 is 11.3 Å². The molecule has 0 aliphatic carbocycles. The maximum Gasteiger partial charge on any atom is 0.316 e. The van der Waals surface area contributed by atoms with Crippen LogP contribution in [0.5, 0.6) is 11.5 Å². The smallest absolute Gasteiger partial charge is 0.316 e. The molecule has 0 radical (unpaired) electrons. The van der Waals surface area contributed by atoms with Crippen molar-refractivity contribution >= 4 is 23.2 Å². The fourth-order valence-electron chi connectivity index (χ4n) is 2.39. The van der Waals surface area contributed by atoms with Gasteiger partial charge in [0.05, 0.1) is 4.88 Å². The van der Waals surface area contributed by atoms with Gasteiger partial charge >= 0.3 is 11.8 Å². The van der Waals surface area contributed by atoms with Gasteiger partial charge in [-0.1, -0.05) is 11.2 Å². The molecule has 1 aromatic carbocycles. The Morgan fingerprint density at radius 2 is 1.89 bits per heavy atom. The molecule has 0 saturated carbocycles. The van der Waals surface area contributed by atoms with Gasteiger partial charge < -0.3 is 24.6 Å². The Kier molecular flexibility index (Phi) is 4.71. The van der Waals surface area contributed by atoms with Crippen molar-refractivity contribution in [1.29, 1.82) is 0 Å². The van der Waals surface area contributed by atoms with Crippen molar-refractivity contribution in [1.82, 2.24) is 20.8 Å². The number of carbonyl (C=O) groups excluding carboxylic acids is 2. The summed E-state index contributed by atoms with van der Waals surface area (Å²) >= 11 is 1.35. The monoisotopic (exact) mass is 386 g/mol. The fourth-order valence-corrected chi connectivity index (χ4v) is 3.03. The topological polar surface area (TPSA) is 116 Å². The number of amides is 2. The molecular formula is C17H14N4O5S. The standard InChI is InChI=1S/C17H14N4O5S/c22-15(13-2-1-7-27-13)18-5-6-19-16(23)17-20-14(21-26-17)10-3-4-11-12(8-10)25-9-24-11/h1-4,7-8H,5-6,9H2,(H,18,22)(H,19,23). The molecule has 10 heteroatoms. The van der Waals surface area contributed by atoms with Crippen molar-refractivity contribution in [2.24, 2.45) is 0 Å². The summed E-state index contributed by atoms with van der Waals surface area (Å²) in [5.74, 6) is 0.647.